The molecule has 0 atom stereocenters. The first-order valence-electron chi connectivity index (χ1n) is 8.01. The molecule has 0 radical (unpaired) electrons. The van der Waals surface area contributed by atoms with E-state index in [2.05, 4.69) is 27.3 Å². The van der Waals surface area contributed by atoms with Crippen LogP contribution in [0.15, 0.2) is 48.1 Å². The monoisotopic (exact) mass is 357 g/mol. The van der Waals surface area contributed by atoms with Crippen molar-refractivity contribution < 1.29 is 9.59 Å². The maximum absolute atomic E-state index is 11.8. The van der Waals surface area contributed by atoms with Gasteiger partial charge >= 0.3 is 6.03 Å². The van der Waals surface area contributed by atoms with Gasteiger partial charge in [0.15, 0.2) is 0 Å². The number of carbonyl (C=O) groups is 2. The number of amides is 3. The molecule has 0 bridgehead atoms. The molecular formula is C17H19N5O2S. The highest BCUT2D eigenvalue weighted by Gasteiger charge is 2.30. The predicted molar refractivity (Wildman–Crippen MR) is 95.8 cm³/mol. The van der Waals surface area contributed by atoms with Gasteiger partial charge in [-0.05, 0) is 25.0 Å². The van der Waals surface area contributed by atoms with Crippen LogP contribution < -0.4 is 10.6 Å². The Labute approximate surface area is 149 Å². The molecule has 1 aliphatic carbocycles. The van der Waals surface area contributed by atoms with Crippen LogP contribution in [0, 0.1) is 0 Å². The molecular weight excluding hydrogens is 338 g/mol. The summed E-state index contributed by atoms with van der Waals surface area (Å²) in [5, 5.41) is 9.79. The quantitative estimate of drug-likeness (QED) is 0.586. The van der Waals surface area contributed by atoms with E-state index in [1.165, 1.54) is 11.8 Å². The van der Waals surface area contributed by atoms with E-state index in [0.29, 0.717) is 17.6 Å². The fourth-order valence-corrected chi connectivity index (χ4v) is 2.86. The van der Waals surface area contributed by atoms with Crippen LogP contribution in [-0.4, -0.2) is 39.0 Å². The van der Waals surface area contributed by atoms with E-state index >= 15 is 0 Å². The average molecular weight is 357 g/mol. The van der Waals surface area contributed by atoms with Crippen LogP contribution in [0.5, 0.6) is 0 Å². The summed E-state index contributed by atoms with van der Waals surface area (Å²) in [5.41, 5.74) is 0.956. The van der Waals surface area contributed by atoms with Crippen LogP contribution in [0.25, 0.3) is 5.69 Å². The van der Waals surface area contributed by atoms with Gasteiger partial charge in [0.05, 0.1) is 11.4 Å². The average Bonchev–Trinajstić information content (AvgIpc) is 3.38. The van der Waals surface area contributed by atoms with E-state index in [0.717, 1.165) is 24.4 Å². The lowest BCUT2D eigenvalue weighted by Crippen LogP contribution is -2.40. The van der Waals surface area contributed by atoms with Gasteiger partial charge in [-0.1, -0.05) is 36.0 Å². The molecule has 3 rings (SSSR count). The van der Waals surface area contributed by atoms with Crippen molar-refractivity contribution >= 4 is 23.7 Å². The first-order valence-corrected chi connectivity index (χ1v) is 8.99. The lowest BCUT2D eigenvalue weighted by Gasteiger charge is -2.03. The molecule has 25 heavy (non-hydrogen) atoms. The third kappa shape index (κ3) is 4.69. The number of imide groups is 1. The van der Waals surface area contributed by atoms with Gasteiger partial charge in [0.2, 0.25) is 11.1 Å². The number of nitrogens with zero attached hydrogens (tertiary/aromatic N) is 3. The van der Waals surface area contributed by atoms with E-state index in [1.807, 2.05) is 35.0 Å². The zero-order valence-electron chi connectivity index (χ0n) is 13.6. The minimum Gasteiger partial charge on any atom is -0.334 e. The number of para-hydroxylation sites is 1. The Balaban J connectivity index is 1.62. The predicted octanol–water partition coefficient (Wildman–Crippen LogP) is 2.25. The topological polar surface area (TPSA) is 88.9 Å². The lowest BCUT2D eigenvalue weighted by atomic mass is 10.3. The first-order chi connectivity index (χ1) is 12.2. The van der Waals surface area contributed by atoms with E-state index in [-0.39, 0.29) is 5.75 Å². The molecule has 2 N–H and O–H groups in total. The highest BCUT2D eigenvalue weighted by atomic mass is 32.2. The summed E-state index contributed by atoms with van der Waals surface area (Å²) in [6, 6.07) is 9.28. The molecule has 0 aliphatic heterocycles. The van der Waals surface area contributed by atoms with E-state index in [1.54, 1.807) is 6.08 Å². The fourth-order valence-electron chi connectivity index (χ4n) is 2.23. The van der Waals surface area contributed by atoms with Gasteiger partial charge < -0.3 is 5.32 Å². The van der Waals surface area contributed by atoms with Crippen molar-refractivity contribution in [2.45, 2.75) is 23.9 Å². The molecule has 7 nitrogen and oxygen atoms in total. The van der Waals surface area contributed by atoms with Crippen molar-refractivity contribution in [3.8, 4) is 5.69 Å². The minimum absolute atomic E-state index is 0.0738. The third-order valence-corrected chi connectivity index (χ3v) is 4.39. The second-order valence-corrected chi connectivity index (χ2v) is 6.55. The smallest absolute Gasteiger partial charge is 0.321 e. The summed E-state index contributed by atoms with van der Waals surface area (Å²) in [6.45, 7) is 3.80. The molecule has 1 aromatic heterocycles. The molecule has 1 aromatic carbocycles. The van der Waals surface area contributed by atoms with Crippen molar-refractivity contribution in [3.63, 3.8) is 0 Å². The van der Waals surface area contributed by atoms with Crippen molar-refractivity contribution in [1.29, 1.82) is 0 Å². The van der Waals surface area contributed by atoms with Gasteiger partial charge in [0.1, 0.15) is 5.82 Å². The molecule has 0 unspecified atom stereocenters. The molecule has 3 amide bonds. The number of benzene rings is 1. The molecule has 1 heterocycles. The molecule has 1 saturated carbocycles. The van der Waals surface area contributed by atoms with Gasteiger partial charge in [-0.2, -0.15) is 0 Å². The number of hydrogen-bond acceptors (Lipinski definition) is 5. The Bertz CT molecular complexity index is 771. The Morgan fingerprint density at radius 1 is 1.32 bits per heavy atom. The Kier molecular flexibility index (Phi) is 5.49. The van der Waals surface area contributed by atoms with Crippen molar-refractivity contribution in [3.05, 3.63) is 48.8 Å². The standard InChI is InChI=1S/C17H19N5O2S/c1-2-10-18-16(24)19-14(23)11-25-17-20-15(12-8-9-12)22(21-17)13-6-4-3-5-7-13/h2-7,12H,1,8-11H2,(H2,18,19,23,24). The minimum atomic E-state index is -0.535. The SMILES string of the molecule is C=CCNC(=O)NC(=O)CSc1nc(C2CC2)n(-c2ccccc2)n1. The Morgan fingerprint density at radius 2 is 2.08 bits per heavy atom. The van der Waals surface area contributed by atoms with Gasteiger partial charge in [0.25, 0.3) is 0 Å². The largest absolute Gasteiger partial charge is 0.334 e. The summed E-state index contributed by atoms with van der Waals surface area (Å²) in [5.74, 6) is 1.04. The van der Waals surface area contributed by atoms with Crippen molar-refractivity contribution in [1.82, 2.24) is 25.4 Å². The molecule has 2 aromatic rings. The van der Waals surface area contributed by atoms with Gasteiger partial charge in [0, 0.05) is 12.5 Å². The van der Waals surface area contributed by atoms with Gasteiger partial charge in [-0.25, -0.2) is 14.5 Å². The summed E-state index contributed by atoms with van der Waals surface area (Å²) in [4.78, 5) is 27.8. The summed E-state index contributed by atoms with van der Waals surface area (Å²) >= 11 is 1.21. The number of rotatable bonds is 7. The maximum Gasteiger partial charge on any atom is 0.321 e. The molecule has 1 fully saturated rings. The number of carbonyl (C=O) groups excluding carboxylic acids is 2. The maximum atomic E-state index is 11.8. The number of hydrogen-bond donors (Lipinski definition) is 2. The van der Waals surface area contributed by atoms with Crippen molar-refractivity contribution in [2.24, 2.45) is 0 Å². The van der Waals surface area contributed by atoms with Crippen LogP contribution >= 0.6 is 11.8 Å². The third-order valence-electron chi connectivity index (χ3n) is 3.55. The number of nitrogens with one attached hydrogen (secondary N) is 2. The van der Waals surface area contributed by atoms with Crippen molar-refractivity contribution in [2.75, 3.05) is 12.3 Å². The number of aromatic nitrogens is 3. The molecule has 1 aliphatic rings. The normalized spacial score (nSPS) is 13.3. The summed E-state index contributed by atoms with van der Waals surface area (Å²) in [6.07, 6.45) is 3.76. The molecule has 0 spiro atoms. The highest BCUT2D eigenvalue weighted by molar-refractivity contribution is 7.99. The molecule has 8 heteroatoms. The molecule has 0 saturated heterocycles. The summed E-state index contributed by atoms with van der Waals surface area (Å²) < 4.78 is 1.84. The van der Waals surface area contributed by atoms with E-state index < -0.39 is 11.9 Å². The zero-order valence-corrected chi connectivity index (χ0v) is 14.5. The summed E-state index contributed by atoms with van der Waals surface area (Å²) in [7, 11) is 0. The highest BCUT2D eigenvalue weighted by Crippen LogP contribution is 2.40. The van der Waals surface area contributed by atoms with Crippen LogP contribution in [0.2, 0.25) is 0 Å². The van der Waals surface area contributed by atoms with E-state index in [4.69, 9.17) is 0 Å². The van der Waals surface area contributed by atoms with Crippen LogP contribution in [0.1, 0.15) is 24.6 Å². The van der Waals surface area contributed by atoms with Crippen LogP contribution in [0.3, 0.4) is 0 Å². The second kappa shape index (κ2) is 7.98. The Morgan fingerprint density at radius 3 is 2.76 bits per heavy atom. The fraction of sp³-hybridized carbons (Fsp3) is 0.294. The van der Waals surface area contributed by atoms with Crippen LogP contribution in [0.4, 0.5) is 4.79 Å². The Hall–Kier alpha value is -2.61. The van der Waals surface area contributed by atoms with Crippen LogP contribution in [-0.2, 0) is 4.79 Å². The first kappa shape index (κ1) is 17.2. The zero-order chi connectivity index (χ0) is 17.6. The van der Waals surface area contributed by atoms with Gasteiger partial charge in [-0.15, -0.1) is 11.7 Å². The number of thioether (sulfide) groups is 1. The number of urea groups is 1. The van der Waals surface area contributed by atoms with Gasteiger partial charge in [-0.3, -0.25) is 10.1 Å². The van der Waals surface area contributed by atoms with E-state index in [9.17, 15) is 9.59 Å². The molecule has 130 valence electrons. The second-order valence-electron chi connectivity index (χ2n) is 5.61. The lowest BCUT2D eigenvalue weighted by molar-refractivity contribution is -0.117.